The highest BCUT2D eigenvalue weighted by Crippen LogP contribution is 2.30. The van der Waals surface area contributed by atoms with Crippen molar-refractivity contribution in [2.24, 2.45) is 5.41 Å². The second kappa shape index (κ2) is 4.94. The molecule has 78 valence electrons. The first-order valence-electron chi connectivity index (χ1n) is 5.03. The number of hydrogen-bond acceptors (Lipinski definition) is 3. The molecule has 0 aliphatic carbocycles. The van der Waals surface area contributed by atoms with Crippen molar-refractivity contribution in [1.82, 2.24) is 4.90 Å². The summed E-state index contributed by atoms with van der Waals surface area (Å²) in [6, 6.07) is 0. The lowest BCUT2D eigenvalue weighted by Gasteiger charge is -2.36. The van der Waals surface area contributed by atoms with Crippen LogP contribution in [-0.4, -0.2) is 50.0 Å². The topological polar surface area (TPSA) is 32.7 Å². The molecule has 3 nitrogen and oxygen atoms in total. The van der Waals surface area contributed by atoms with Crippen molar-refractivity contribution < 1.29 is 9.84 Å². The van der Waals surface area contributed by atoms with E-state index in [0.717, 1.165) is 39.1 Å². The molecule has 1 aliphatic heterocycles. The van der Waals surface area contributed by atoms with Crippen LogP contribution in [0.15, 0.2) is 0 Å². The van der Waals surface area contributed by atoms with E-state index < -0.39 is 0 Å². The highest BCUT2D eigenvalue weighted by Gasteiger charge is 2.28. The Kier molecular flexibility index (Phi) is 4.16. The van der Waals surface area contributed by atoms with Crippen molar-refractivity contribution in [3.8, 4) is 0 Å². The van der Waals surface area contributed by atoms with Gasteiger partial charge in [0.05, 0.1) is 6.61 Å². The Morgan fingerprint density at radius 1 is 1.38 bits per heavy atom. The number of ether oxygens (including phenoxy) is 1. The maximum atomic E-state index is 8.78. The van der Waals surface area contributed by atoms with Gasteiger partial charge in [-0.05, 0) is 25.3 Å². The van der Waals surface area contributed by atoms with Gasteiger partial charge in [0.2, 0.25) is 0 Å². The standard InChI is InChI=1S/C10H21NO2/c1-10(3-7-13-8-4-10)9-11(2)5-6-12/h12H,3-9H2,1-2H3. The molecule has 0 atom stereocenters. The van der Waals surface area contributed by atoms with Crippen molar-refractivity contribution in [3.63, 3.8) is 0 Å². The molecule has 0 unspecified atom stereocenters. The SMILES string of the molecule is CN(CCO)CC1(C)CCOCC1. The van der Waals surface area contributed by atoms with E-state index in [9.17, 15) is 0 Å². The molecule has 0 saturated carbocycles. The van der Waals surface area contributed by atoms with E-state index in [4.69, 9.17) is 9.84 Å². The van der Waals surface area contributed by atoms with Gasteiger partial charge in [0.15, 0.2) is 0 Å². The Morgan fingerprint density at radius 2 is 2.00 bits per heavy atom. The lowest BCUT2D eigenvalue weighted by Crippen LogP contribution is -2.38. The Hall–Kier alpha value is -0.120. The van der Waals surface area contributed by atoms with Gasteiger partial charge in [-0.3, -0.25) is 0 Å². The van der Waals surface area contributed by atoms with Crippen molar-refractivity contribution in [1.29, 1.82) is 0 Å². The van der Waals surface area contributed by atoms with Gasteiger partial charge in [-0.2, -0.15) is 0 Å². The summed E-state index contributed by atoms with van der Waals surface area (Å²) in [7, 11) is 2.07. The molecule has 1 fully saturated rings. The summed E-state index contributed by atoms with van der Waals surface area (Å²) in [5.74, 6) is 0. The molecule has 3 heteroatoms. The minimum atomic E-state index is 0.253. The molecule has 0 spiro atoms. The second-order valence-electron chi connectivity index (χ2n) is 4.38. The lowest BCUT2D eigenvalue weighted by molar-refractivity contribution is 0.00716. The molecule has 0 aromatic rings. The van der Waals surface area contributed by atoms with E-state index in [1.165, 1.54) is 0 Å². The number of hydrogen-bond donors (Lipinski definition) is 1. The molecule has 0 aromatic heterocycles. The summed E-state index contributed by atoms with van der Waals surface area (Å²) in [6.07, 6.45) is 2.28. The van der Waals surface area contributed by atoms with Crippen LogP contribution in [0.25, 0.3) is 0 Å². The summed E-state index contributed by atoms with van der Waals surface area (Å²) >= 11 is 0. The average Bonchev–Trinajstić information content (AvgIpc) is 2.04. The third kappa shape index (κ3) is 3.63. The van der Waals surface area contributed by atoms with Crippen LogP contribution in [0.4, 0.5) is 0 Å². The molecular weight excluding hydrogens is 166 g/mol. The van der Waals surface area contributed by atoms with Crippen LogP contribution in [0.3, 0.4) is 0 Å². The maximum absolute atomic E-state index is 8.78. The van der Waals surface area contributed by atoms with Crippen molar-refractivity contribution in [2.75, 3.05) is 40.0 Å². The van der Waals surface area contributed by atoms with Crippen LogP contribution in [0.5, 0.6) is 0 Å². The number of aliphatic hydroxyl groups excluding tert-OH is 1. The molecule has 0 amide bonds. The van der Waals surface area contributed by atoms with Gasteiger partial charge in [-0.1, -0.05) is 6.92 Å². The van der Waals surface area contributed by atoms with Crippen molar-refractivity contribution >= 4 is 0 Å². The fourth-order valence-electron chi connectivity index (χ4n) is 1.92. The minimum absolute atomic E-state index is 0.253. The Bertz CT molecular complexity index is 144. The van der Waals surface area contributed by atoms with E-state index >= 15 is 0 Å². The molecule has 13 heavy (non-hydrogen) atoms. The molecule has 1 aliphatic rings. The van der Waals surface area contributed by atoms with E-state index in [1.54, 1.807) is 0 Å². The van der Waals surface area contributed by atoms with Gasteiger partial charge in [0.1, 0.15) is 0 Å². The number of nitrogens with zero attached hydrogens (tertiary/aromatic N) is 1. The zero-order valence-electron chi connectivity index (χ0n) is 8.75. The smallest absolute Gasteiger partial charge is 0.0558 e. The van der Waals surface area contributed by atoms with Crippen molar-refractivity contribution in [3.05, 3.63) is 0 Å². The van der Waals surface area contributed by atoms with E-state index in [2.05, 4.69) is 18.9 Å². The normalized spacial score (nSPS) is 22.2. The Balaban J connectivity index is 2.31. The van der Waals surface area contributed by atoms with Gasteiger partial charge in [0, 0.05) is 26.3 Å². The minimum Gasteiger partial charge on any atom is -0.395 e. The average molecular weight is 187 g/mol. The highest BCUT2D eigenvalue weighted by molar-refractivity contribution is 4.79. The van der Waals surface area contributed by atoms with Gasteiger partial charge in [0.25, 0.3) is 0 Å². The summed E-state index contributed by atoms with van der Waals surface area (Å²) < 4.78 is 5.34. The fourth-order valence-corrected chi connectivity index (χ4v) is 1.92. The molecular formula is C10H21NO2. The predicted octanol–water partition coefficient (Wildman–Crippen LogP) is 0.727. The van der Waals surface area contributed by atoms with Gasteiger partial charge >= 0.3 is 0 Å². The molecule has 1 N–H and O–H groups in total. The van der Waals surface area contributed by atoms with Crippen LogP contribution in [-0.2, 0) is 4.74 Å². The number of aliphatic hydroxyl groups is 1. The van der Waals surface area contributed by atoms with E-state index in [-0.39, 0.29) is 6.61 Å². The number of likely N-dealkylation sites (N-methyl/N-ethyl adjacent to an activating group) is 1. The largest absolute Gasteiger partial charge is 0.395 e. The summed E-state index contributed by atoms with van der Waals surface area (Å²) in [4.78, 5) is 2.20. The third-order valence-electron chi connectivity index (χ3n) is 2.83. The summed E-state index contributed by atoms with van der Waals surface area (Å²) in [5.41, 5.74) is 0.391. The van der Waals surface area contributed by atoms with Crippen LogP contribution >= 0.6 is 0 Å². The molecule has 1 saturated heterocycles. The van der Waals surface area contributed by atoms with Crippen LogP contribution in [0.1, 0.15) is 19.8 Å². The quantitative estimate of drug-likeness (QED) is 0.704. The van der Waals surface area contributed by atoms with Crippen molar-refractivity contribution in [2.45, 2.75) is 19.8 Å². The highest BCUT2D eigenvalue weighted by atomic mass is 16.5. The molecule has 0 radical (unpaired) electrons. The van der Waals surface area contributed by atoms with E-state index in [0.29, 0.717) is 5.41 Å². The Morgan fingerprint density at radius 3 is 2.54 bits per heavy atom. The van der Waals surface area contributed by atoms with Crippen LogP contribution < -0.4 is 0 Å². The van der Waals surface area contributed by atoms with Gasteiger partial charge in [-0.15, -0.1) is 0 Å². The van der Waals surface area contributed by atoms with Crippen LogP contribution in [0.2, 0.25) is 0 Å². The monoisotopic (exact) mass is 187 g/mol. The summed E-state index contributed by atoms with van der Waals surface area (Å²) in [6.45, 7) is 6.19. The van der Waals surface area contributed by atoms with Gasteiger partial charge < -0.3 is 14.7 Å². The first kappa shape index (κ1) is 11.0. The fraction of sp³-hybridized carbons (Fsp3) is 1.00. The zero-order chi connectivity index (χ0) is 9.73. The van der Waals surface area contributed by atoms with Gasteiger partial charge in [-0.25, -0.2) is 0 Å². The first-order chi connectivity index (χ1) is 6.16. The predicted molar refractivity (Wildman–Crippen MR) is 52.7 cm³/mol. The second-order valence-corrected chi connectivity index (χ2v) is 4.38. The molecule has 0 aromatic carbocycles. The molecule has 1 heterocycles. The third-order valence-corrected chi connectivity index (χ3v) is 2.83. The number of rotatable bonds is 4. The first-order valence-corrected chi connectivity index (χ1v) is 5.03. The van der Waals surface area contributed by atoms with E-state index in [1.807, 2.05) is 0 Å². The van der Waals surface area contributed by atoms with Crippen LogP contribution in [0, 0.1) is 5.41 Å². The lowest BCUT2D eigenvalue weighted by atomic mass is 9.82. The summed E-state index contributed by atoms with van der Waals surface area (Å²) in [5, 5.41) is 8.78. The Labute approximate surface area is 80.7 Å². The maximum Gasteiger partial charge on any atom is 0.0558 e. The molecule has 1 rings (SSSR count). The zero-order valence-corrected chi connectivity index (χ0v) is 8.75. The molecule has 0 bridgehead atoms.